The lowest BCUT2D eigenvalue weighted by atomic mass is 9.97. The summed E-state index contributed by atoms with van der Waals surface area (Å²) in [5.41, 5.74) is 0.353. The third-order valence-corrected chi connectivity index (χ3v) is 3.53. The molecule has 22 heavy (non-hydrogen) atoms. The van der Waals surface area contributed by atoms with Crippen molar-refractivity contribution in [2.45, 2.75) is 39.2 Å². The molecule has 5 nitrogen and oxygen atoms in total. The number of nitrogens with zero attached hydrogens (tertiary/aromatic N) is 2. The van der Waals surface area contributed by atoms with Gasteiger partial charge in [-0.15, -0.1) is 0 Å². The van der Waals surface area contributed by atoms with Crippen LogP contribution in [0.2, 0.25) is 0 Å². The summed E-state index contributed by atoms with van der Waals surface area (Å²) in [7, 11) is 0. The molecule has 2 heterocycles. The first-order valence-corrected chi connectivity index (χ1v) is 7.67. The summed E-state index contributed by atoms with van der Waals surface area (Å²) in [6.45, 7) is 7.78. The zero-order valence-electron chi connectivity index (χ0n) is 13.4. The number of hydrogen-bond donors (Lipinski definition) is 1. The number of anilines is 1. The lowest BCUT2D eigenvalue weighted by molar-refractivity contribution is 0.0517. The number of rotatable bonds is 3. The Kier molecular flexibility index (Phi) is 5.21. The Morgan fingerprint density at radius 1 is 1.55 bits per heavy atom. The number of amides is 1. The number of pyridine rings is 1. The van der Waals surface area contributed by atoms with Crippen LogP contribution in [0.5, 0.6) is 0 Å². The molecule has 1 saturated heterocycles. The average molecular weight is 309 g/mol. The van der Waals surface area contributed by atoms with Gasteiger partial charge in [-0.2, -0.15) is 4.39 Å². The second-order valence-corrected chi connectivity index (χ2v) is 6.67. The quantitative estimate of drug-likeness (QED) is 0.872. The molecule has 1 aromatic rings. The van der Waals surface area contributed by atoms with Crippen molar-refractivity contribution in [3.8, 4) is 0 Å². The predicted molar refractivity (Wildman–Crippen MR) is 83.4 cm³/mol. The molecule has 0 spiro atoms. The molecule has 1 fully saturated rings. The van der Waals surface area contributed by atoms with Crippen LogP contribution in [0.3, 0.4) is 0 Å². The standard InChI is InChI=1S/C16H24FN3O2/c1-16(2,3)22-15(21)19-10-12-5-4-8-20(11-12)13-6-7-18-14(17)9-13/h6-7,9,12H,4-5,8,10-11H2,1-3H3,(H,19,21)/t12-/m1/s1. The van der Waals surface area contributed by atoms with E-state index >= 15 is 0 Å². The first-order chi connectivity index (χ1) is 10.3. The Bertz CT molecular complexity index is 516. The Morgan fingerprint density at radius 3 is 3.00 bits per heavy atom. The summed E-state index contributed by atoms with van der Waals surface area (Å²) in [5.74, 6) is -0.135. The average Bonchev–Trinajstić information content (AvgIpc) is 2.44. The Hall–Kier alpha value is -1.85. The molecule has 6 heteroatoms. The molecule has 2 rings (SSSR count). The maximum Gasteiger partial charge on any atom is 0.407 e. The topological polar surface area (TPSA) is 54.5 Å². The number of nitrogens with one attached hydrogen (secondary N) is 1. The van der Waals surface area contributed by atoms with Gasteiger partial charge in [-0.3, -0.25) is 0 Å². The van der Waals surface area contributed by atoms with Crippen LogP contribution in [0.25, 0.3) is 0 Å². The zero-order chi connectivity index (χ0) is 16.2. The summed E-state index contributed by atoms with van der Waals surface area (Å²) >= 11 is 0. The monoisotopic (exact) mass is 309 g/mol. The molecular formula is C16H24FN3O2. The van der Waals surface area contributed by atoms with E-state index in [-0.39, 0.29) is 6.09 Å². The third kappa shape index (κ3) is 5.16. The summed E-state index contributed by atoms with van der Waals surface area (Å²) in [4.78, 5) is 17.4. The minimum Gasteiger partial charge on any atom is -0.444 e. The zero-order valence-corrected chi connectivity index (χ0v) is 13.4. The maximum atomic E-state index is 13.2. The normalized spacial score (nSPS) is 18.9. The van der Waals surface area contributed by atoms with E-state index in [1.54, 1.807) is 0 Å². The van der Waals surface area contributed by atoms with E-state index in [4.69, 9.17) is 4.74 Å². The lowest BCUT2D eigenvalue weighted by Gasteiger charge is -2.34. The molecule has 1 atom stereocenters. The van der Waals surface area contributed by atoms with Gasteiger partial charge in [0.25, 0.3) is 0 Å². The molecule has 0 bridgehead atoms. The van der Waals surface area contributed by atoms with Crippen LogP contribution in [0, 0.1) is 11.9 Å². The highest BCUT2D eigenvalue weighted by atomic mass is 19.1. The highest BCUT2D eigenvalue weighted by Gasteiger charge is 2.22. The first-order valence-electron chi connectivity index (χ1n) is 7.67. The highest BCUT2D eigenvalue weighted by molar-refractivity contribution is 5.67. The van der Waals surface area contributed by atoms with Gasteiger partial charge in [0.05, 0.1) is 0 Å². The fourth-order valence-corrected chi connectivity index (χ4v) is 2.60. The summed E-state index contributed by atoms with van der Waals surface area (Å²) in [5, 5.41) is 2.82. The van der Waals surface area contributed by atoms with Gasteiger partial charge in [0.15, 0.2) is 0 Å². The summed E-state index contributed by atoms with van der Waals surface area (Å²) in [6, 6.07) is 3.26. The SMILES string of the molecule is CC(C)(C)OC(=O)NC[C@H]1CCCN(c2ccnc(F)c2)C1. The Morgan fingerprint density at radius 2 is 2.32 bits per heavy atom. The van der Waals surface area contributed by atoms with Gasteiger partial charge in [-0.05, 0) is 45.6 Å². The van der Waals surface area contributed by atoms with Crippen LogP contribution < -0.4 is 10.2 Å². The van der Waals surface area contributed by atoms with E-state index < -0.39 is 11.5 Å². The smallest absolute Gasteiger partial charge is 0.407 e. The molecule has 0 unspecified atom stereocenters. The van der Waals surface area contributed by atoms with Gasteiger partial charge in [-0.25, -0.2) is 9.78 Å². The van der Waals surface area contributed by atoms with E-state index in [2.05, 4.69) is 15.2 Å². The van der Waals surface area contributed by atoms with E-state index in [0.717, 1.165) is 31.6 Å². The highest BCUT2D eigenvalue weighted by Crippen LogP contribution is 2.22. The molecule has 1 N–H and O–H groups in total. The second kappa shape index (κ2) is 6.94. The largest absolute Gasteiger partial charge is 0.444 e. The van der Waals surface area contributed by atoms with Crippen LogP contribution in [0.1, 0.15) is 33.6 Å². The van der Waals surface area contributed by atoms with E-state index in [9.17, 15) is 9.18 Å². The lowest BCUT2D eigenvalue weighted by Crippen LogP contribution is -2.42. The second-order valence-electron chi connectivity index (χ2n) is 6.67. The van der Waals surface area contributed by atoms with Crippen molar-refractivity contribution >= 4 is 11.8 Å². The number of carbonyl (C=O) groups excluding carboxylic acids is 1. The van der Waals surface area contributed by atoms with Gasteiger partial charge >= 0.3 is 6.09 Å². The van der Waals surface area contributed by atoms with Crippen molar-refractivity contribution in [2.24, 2.45) is 5.92 Å². The van der Waals surface area contributed by atoms with Gasteiger partial charge in [-0.1, -0.05) is 0 Å². The van der Waals surface area contributed by atoms with Crippen molar-refractivity contribution < 1.29 is 13.9 Å². The molecule has 0 radical (unpaired) electrons. The number of alkyl carbamates (subject to hydrolysis) is 1. The van der Waals surface area contributed by atoms with Crippen LogP contribution >= 0.6 is 0 Å². The van der Waals surface area contributed by atoms with Crippen LogP contribution in [-0.4, -0.2) is 36.3 Å². The van der Waals surface area contributed by atoms with Crippen molar-refractivity contribution in [3.05, 3.63) is 24.3 Å². The van der Waals surface area contributed by atoms with Gasteiger partial charge in [0.1, 0.15) is 5.60 Å². The van der Waals surface area contributed by atoms with Gasteiger partial charge < -0.3 is 15.0 Å². The van der Waals surface area contributed by atoms with E-state index in [0.29, 0.717) is 12.5 Å². The van der Waals surface area contributed by atoms with Crippen molar-refractivity contribution in [2.75, 3.05) is 24.5 Å². The minimum atomic E-state index is -0.489. The first kappa shape index (κ1) is 16.5. The number of carbonyl (C=O) groups is 1. The molecule has 0 aliphatic carbocycles. The Balaban J connectivity index is 1.85. The molecule has 1 amide bonds. The van der Waals surface area contributed by atoms with E-state index in [1.165, 1.54) is 12.3 Å². The number of ether oxygens (including phenoxy) is 1. The predicted octanol–water partition coefficient (Wildman–Crippen LogP) is 2.96. The number of halogens is 1. The molecular weight excluding hydrogens is 285 g/mol. The van der Waals surface area contributed by atoms with Crippen molar-refractivity contribution in [1.29, 1.82) is 0 Å². The van der Waals surface area contributed by atoms with Gasteiger partial charge in [0, 0.05) is 37.6 Å². The third-order valence-electron chi connectivity index (χ3n) is 3.53. The van der Waals surface area contributed by atoms with Crippen LogP contribution in [0.4, 0.5) is 14.9 Å². The van der Waals surface area contributed by atoms with Gasteiger partial charge in [0.2, 0.25) is 5.95 Å². The minimum absolute atomic E-state index is 0.331. The number of piperidine rings is 1. The molecule has 122 valence electrons. The summed E-state index contributed by atoms with van der Waals surface area (Å²) in [6.07, 6.45) is 3.15. The Labute approximate surface area is 130 Å². The van der Waals surface area contributed by atoms with E-state index in [1.807, 2.05) is 26.8 Å². The molecule has 0 saturated carbocycles. The van der Waals surface area contributed by atoms with Crippen molar-refractivity contribution in [1.82, 2.24) is 10.3 Å². The maximum absolute atomic E-state index is 13.2. The van der Waals surface area contributed by atoms with Crippen LogP contribution in [0.15, 0.2) is 18.3 Å². The molecule has 1 aliphatic heterocycles. The number of aromatic nitrogens is 1. The molecule has 0 aromatic carbocycles. The number of hydrogen-bond acceptors (Lipinski definition) is 4. The van der Waals surface area contributed by atoms with Crippen LogP contribution in [-0.2, 0) is 4.74 Å². The fraction of sp³-hybridized carbons (Fsp3) is 0.625. The summed E-state index contributed by atoms with van der Waals surface area (Å²) < 4.78 is 18.5. The van der Waals surface area contributed by atoms with Crippen molar-refractivity contribution in [3.63, 3.8) is 0 Å². The fourth-order valence-electron chi connectivity index (χ4n) is 2.60. The molecule has 1 aliphatic rings. The molecule has 1 aromatic heterocycles.